The largest absolute Gasteiger partial charge is 0.486 e. The lowest BCUT2D eigenvalue weighted by Crippen LogP contribution is -2.27. The highest BCUT2D eigenvalue weighted by atomic mass is 19.4. The standard InChI is InChI=1S/C20H17F3N4O3/c1-10-7-11(2)26-16(25-10)9-30-13-5-3-12(4-6-13)14-8-15(18(24)28)19(29)27-17(14)20(21,22)23/h3-8H,9H2,1-2H3,(H2,24,28)(H,27,29). The van der Waals surface area contributed by atoms with Crippen molar-refractivity contribution in [3.05, 3.63) is 75.2 Å². The Labute approximate surface area is 168 Å². The molecule has 0 aliphatic heterocycles. The summed E-state index contributed by atoms with van der Waals surface area (Å²) in [6.07, 6.45) is -4.83. The smallest absolute Gasteiger partial charge is 0.431 e. The number of hydrogen-bond donors (Lipinski definition) is 2. The van der Waals surface area contributed by atoms with E-state index in [1.807, 2.05) is 19.9 Å². The van der Waals surface area contributed by atoms with Gasteiger partial charge >= 0.3 is 6.18 Å². The van der Waals surface area contributed by atoms with E-state index in [-0.39, 0.29) is 17.7 Å². The van der Waals surface area contributed by atoms with Gasteiger partial charge in [0.15, 0.2) is 5.82 Å². The molecule has 3 rings (SSSR count). The van der Waals surface area contributed by atoms with Crippen molar-refractivity contribution in [1.82, 2.24) is 15.0 Å². The number of halogens is 3. The van der Waals surface area contributed by atoms with Gasteiger partial charge in [0.1, 0.15) is 23.6 Å². The molecule has 156 valence electrons. The predicted octanol–water partition coefficient (Wildman–Crippen LogP) is 3.15. The molecule has 1 amide bonds. The molecule has 7 nitrogen and oxygen atoms in total. The fourth-order valence-electron chi connectivity index (χ4n) is 2.91. The molecular weight excluding hydrogens is 401 g/mol. The minimum Gasteiger partial charge on any atom is -0.486 e. The molecule has 30 heavy (non-hydrogen) atoms. The van der Waals surface area contributed by atoms with Crippen LogP contribution in [0.4, 0.5) is 13.2 Å². The number of rotatable bonds is 5. The molecule has 0 saturated heterocycles. The van der Waals surface area contributed by atoms with Gasteiger partial charge in [0.05, 0.1) is 0 Å². The Bertz CT molecular complexity index is 1140. The van der Waals surface area contributed by atoms with Gasteiger partial charge in [-0.25, -0.2) is 9.97 Å². The zero-order valence-electron chi connectivity index (χ0n) is 16.0. The van der Waals surface area contributed by atoms with Crippen molar-refractivity contribution in [1.29, 1.82) is 0 Å². The SMILES string of the molecule is Cc1cc(C)nc(COc2ccc(-c3cc(C(N)=O)c(=O)[nH]c3C(F)(F)F)cc2)n1. The molecule has 0 bridgehead atoms. The maximum atomic E-state index is 13.4. The molecule has 0 unspecified atom stereocenters. The molecule has 2 aromatic heterocycles. The Kier molecular flexibility index (Phi) is 5.59. The Hall–Kier alpha value is -3.69. The molecule has 3 N–H and O–H groups in total. The number of nitrogens with one attached hydrogen (secondary N) is 1. The third kappa shape index (κ3) is 4.65. The van der Waals surface area contributed by atoms with Gasteiger partial charge in [-0.05, 0) is 43.7 Å². The summed E-state index contributed by atoms with van der Waals surface area (Å²) >= 11 is 0. The molecule has 0 saturated carbocycles. The van der Waals surface area contributed by atoms with Crippen molar-refractivity contribution >= 4 is 5.91 Å². The molecule has 2 heterocycles. The van der Waals surface area contributed by atoms with Crippen LogP contribution in [0.2, 0.25) is 0 Å². The molecule has 0 atom stereocenters. The van der Waals surface area contributed by atoms with Gasteiger partial charge in [-0.15, -0.1) is 0 Å². The van der Waals surface area contributed by atoms with Crippen LogP contribution in [-0.2, 0) is 12.8 Å². The fraction of sp³-hybridized carbons (Fsp3) is 0.200. The van der Waals surface area contributed by atoms with Gasteiger partial charge in [-0.3, -0.25) is 9.59 Å². The number of H-pyrrole nitrogens is 1. The van der Waals surface area contributed by atoms with E-state index in [0.717, 1.165) is 17.5 Å². The maximum Gasteiger partial charge on any atom is 0.431 e. The Morgan fingerprint density at radius 2 is 1.70 bits per heavy atom. The van der Waals surface area contributed by atoms with Crippen molar-refractivity contribution in [2.24, 2.45) is 5.73 Å². The van der Waals surface area contributed by atoms with Crippen molar-refractivity contribution in [2.75, 3.05) is 0 Å². The molecular formula is C20H17F3N4O3. The van der Waals surface area contributed by atoms with Crippen LogP contribution in [0.5, 0.6) is 5.75 Å². The van der Waals surface area contributed by atoms with E-state index in [2.05, 4.69) is 9.97 Å². The third-order valence-corrected chi connectivity index (χ3v) is 4.15. The van der Waals surface area contributed by atoms with E-state index in [0.29, 0.717) is 11.6 Å². The van der Waals surface area contributed by atoms with Gasteiger partial charge in [0.2, 0.25) is 0 Å². The molecule has 3 aromatic rings. The highest BCUT2D eigenvalue weighted by Crippen LogP contribution is 2.35. The number of amides is 1. The second kappa shape index (κ2) is 7.97. The van der Waals surface area contributed by atoms with Crippen LogP contribution < -0.4 is 16.0 Å². The first kappa shape index (κ1) is 21.0. The summed E-state index contributed by atoms with van der Waals surface area (Å²) < 4.78 is 45.7. The first-order valence-corrected chi connectivity index (χ1v) is 8.73. The lowest BCUT2D eigenvalue weighted by molar-refractivity contribution is -0.140. The molecule has 0 spiro atoms. The normalized spacial score (nSPS) is 11.4. The summed E-state index contributed by atoms with van der Waals surface area (Å²) in [6, 6.07) is 8.35. The lowest BCUT2D eigenvalue weighted by Gasteiger charge is -2.14. The number of aromatic amines is 1. The topological polar surface area (TPSA) is 111 Å². The van der Waals surface area contributed by atoms with Crippen LogP contribution in [0.3, 0.4) is 0 Å². The van der Waals surface area contributed by atoms with E-state index in [1.165, 1.54) is 24.3 Å². The summed E-state index contributed by atoms with van der Waals surface area (Å²) in [6.45, 7) is 3.74. The van der Waals surface area contributed by atoms with Gasteiger partial charge < -0.3 is 15.5 Å². The van der Waals surface area contributed by atoms with Crippen LogP contribution >= 0.6 is 0 Å². The second-order valence-electron chi connectivity index (χ2n) is 6.54. The first-order valence-electron chi connectivity index (χ1n) is 8.73. The summed E-state index contributed by atoms with van der Waals surface area (Å²) in [7, 11) is 0. The number of nitrogens with two attached hydrogens (primary N) is 1. The van der Waals surface area contributed by atoms with Crippen LogP contribution in [0, 0.1) is 13.8 Å². The van der Waals surface area contributed by atoms with Gasteiger partial charge in [-0.1, -0.05) is 12.1 Å². The Balaban J connectivity index is 1.91. The number of ether oxygens (including phenoxy) is 1. The summed E-state index contributed by atoms with van der Waals surface area (Å²) in [4.78, 5) is 33.3. The van der Waals surface area contributed by atoms with Gasteiger partial charge in [0, 0.05) is 17.0 Å². The van der Waals surface area contributed by atoms with Crippen molar-refractivity contribution < 1.29 is 22.7 Å². The lowest BCUT2D eigenvalue weighted by atomic mass is 10.0. The zero-order chi connectivity index (χ0) is 22.1. The Morgan fingerprint density at radius 3 is 2.23 bits per heavy atom. The minimum atomic E-state index is -4.83. The maximum absolute atomic E-state index is 13.4. The van der Waals surface area contributed by atoms with Crippen molar-refractivity contribution in [3.63, 3.8) is 0 Å². The number of primary amides is 1. The molecule has 0 aliphatic rings. The van der Waals surface area contributed by atoms with Crippen molar-refractivity contribution in [3.8, 4) is 16.9 Å². The van der Waals surface area contributed by atoms with E-state index in [9.17, 15) is 22.8 Å². The van der Waals surface area contributed by atoms with Gasteiger partial charge in [0.25, 0.3) is 11.5 Å². The van der Waals surface area contributed by atoms with Crippen LogP contribution in [0.1, 0.15) is 33.3 Å². The summed E-state index contributed by atoms with van der Waals surface area (Å²) in [5.74, 6) is -0.267. The van der Waals surface area contributed by atoms with E-state index in [1.54, 1.807) is 4.98 Å². The van der Waals surface area contributed by atoms with E-state index in [4.69, 9.17) is 10.5 Å². The number of carbonyl (C=O) groups excluding carboxylic acids is 1. The number of hydrogen-bond acceptors (Lipinski definition) is 5. The number of aromatic nitrogens is 3. The monoisotopic (exact) mass is 418 g/mol. The van der Waals surface area contributed by atoms with E-state index < -0.39 is 28.9 Å². The Morgan fingerprint density at radius 1 is 1.10 bits per heavy atom. The third-order valence-electron chi connectivity index (χ3n) is 4.15. The zero-order valence-corrected chi connectivity index (χ0v) is 16.0. The number of benzene rings is 1. The van der Waals surface area contributed by atoms with E-state index >= 15 is 0 Å². The molecule has 0 radical (unpaired) electrons. The van der Waals surface area contributed by atoms with Crippen LogP contribution in [0.15, 0.2) is 41.2 Å². The summed E-state index contributed by atoms with van der Waals surface area (Å²) in [5, 5.41) is 0. The van der Waals surface area contributed by atoms with Crippen molar-refractivity contribution in [2.45, 2.75) is 26.6 Å². The summed E-state index contributed by atoms with van der Waals surface area (Å²) in [5.41, 5.74) is 3.38. The van der Waals surface area contributed by atoms with Crippen LogP contribution in [0.25, 0.3) is 11.1 Å². The molecule has 1 aromatic carbocycles. The highest BCUT2D eigenvalue weighted by Gasteiger charge is 2.36. The average molecular weight is 418 g/mol. The number of carbonyl (C=O) groups is 1. The minimum absolute atomic E-state index is 0.0835. The molecule has 0 fully saturated rings. The second-order valence-corrected chi connectivity index (χ2v) is 6.54. The molecule has 0 aliphatic carbocycles. The highest BCUT2D eigenvalue weighted by molar-refractivity contribution is 5.94. The predicted molar refractivity (Wildman–Crippen MR) is 102 cm³/mol. The number of nitrogens with zero attached hydrogens (tertiary/aromatic N) is 2. The fourth-order valence-corrected chi connectivity index (χ4v) is 2.91. The average Bonchev–Trinajstić information content (AvgIpc) is 2.65. The number of pyridine rings is 1. The van der Waals surface area contributed by atoms with Gasteiger partial charge in [-0.2, -0.15) is 13.2 Å². The number of alkyl halides is 3. The first-order chi connectivity index (χ1) is 14.0. The number of aryl methyl sites for hydroxylation is 2. The molecule has 10 heteroatoms. The quantitative estimate of drug-likeness (QED) is 0.661. The van der Waals surface area contributed by atoms with Crippen LogP contribution in [-0.4, -0.2) is 20.9 Å².